The summed E-state index contributed by atoms with van der Waals surface area (Å²) in [6.45, 7) is 6.53. The Hall–Kier alpha value is -1.92. The SMILES string of the molecule is Cc1sc(=O)n(CCC(=O)N2CCNCc3ccccc32)c1C. The van der Waals surface area contributed by atoms with Crippen LogP contribution in [-0.4, -0.2) is 23.6 Å². The fraction of sp³-hybridized carbons (Fsp3) is 0.412. The second-order valence-corrected chi connectivity index (χ2v) is 6.93. The Balaban J connectivity index is 1.77. The van der Waals surface area contributed by atoms with Crippen LogP contribution in [0.5, 0.6) is 0 Å². The number of carbonyl (C=O) groups excluding carboxylic acids is 1. The molecular formula is C17H21N3O2S. The van der Waals surface area contributed by atoms with Crippen LogP contribution in [-0.2, 0) is 17.9 Å². The first-order valence-corrected chi connectivity index (χ1v) is 8.65. The fourth-order valence-electron chi connectivity index (χ4n) is 2.91. The number of amides is 1. The number of rotatable bonds is 3. The van der Waals surface area contributed by atoms with Gasteiger partial charge in [0.1, 0.15) is 0 Å². The van der Waals surface area contributed by atoms with Crippen molar-refractivity contribution in [2.75, 3.05) is 18.0 Å². The molecule has 0 bridgehead atoms. The zero-order valence-corrected chi connectivity index (χ0v) is 14.3. The molecule has 2 heterocycles. The maximum atomic E-state index is 12.7. The zero-order valence-electron chi connectivity index (χ0n) is 13.5. The van der Waals surface area contributed by atoms with Crippen molar-refractivity contribution < 1.29 is 4.79 Å². The zero-order chi connectivity index (χ0) is 16.4. The smallest absolute Gasteiger partial charge is 0.307 e. The molecule has 3 rings (SSSR count). The minimum absolute atomic E-state index is 0.0192. The number of hydrogen-bond donors (Lipinski definition) is 1. The number of fused-ring (bicyclic) bond motifs is 1. The fourth-order valence-corrected chi connectivity index (χ4v) is 3.76. The molecule has 0 saturated heterocycles. The average Bonchev–Trinajstić information content (AvgIpc) is 2.71. The Bertz CT molecular complexity index is 778. The first kappa shape index (κ1) is 16.0. The summed E-state index contributed by atoms with van der Waals surface area (Å²) >= 11 is 1.25. The predicted molar refractivity (Wildman–Crippen MR) is 93.2 cm³/mol. The summed E-state index contributed by atoms with van der Waals surface area (Å²) in [5.74, 6) is 0.0660. The predicted octanol–water partition coefficient (Wildman–Crippen LogP) is 2.05. The van der Waals surface area contributed by atoms with Gasteiger partial charge in [0.25, 0.3) is 0 Å². The number of anilines is 1. The van der Waals surface area contributed by atoms with Crippen LogP contribution >= 0.6 is 11.3 Å². The van der Waals surface area contributed by atoms with Crippen molar-refractivity contribution in [3.05, 3.63) is 50.1 Å². The van der Waals surface area contributed by atoms with Gasteiger partial charge >= 0.3 is 4.87 Å². The molecule has 0 aliphatic carbocycles. The summed E-state index contributed by atoms with van der Waals surface area (Å²) in [7, 11) is 0. The largest absolute Gasteiger partial charge is 0.311 e. The second-order valence-electron chi connectivity index (χ2n) is 5.76. The number of hydrogen-bond acceptors (Lipinski definition) is 4. The maximum absolute atomic E-state index is 12.7. The third-order valence-corrected chi connectivity index (χ3v) is 5.33. The van der Waals surface area contributed by atoms with E-state index in [1.165, 1.54) is 11.3 Å². The van der Waals surface area contributed by atoms with Gasteiger partial charge in [-0.3, -0.25) is 9.59 Å². The van der Waals surface area contributed by atoms with Gasteiger partial charge in [0.05, 0.1) is 0 Å². The van der Waals surface area contributed by atoms with Gasteiger partial charge in [-0.1, -0.05) is 29.5 Å². The van der Waals surface area contributed by atoms with E-state index < -0.39 is 0 Å². The van der Waals surface area contributed by atoms with Crippen molar-refractivity contribution in [1.82, 2.24) is 9.88 Å². The molecule has 5 nitrogen and oxygen atoms in total. The van der Waals surface area contributed by atoms with E-state index in [-0.39, 0.29) is 10.8 Å². The summed E-state index contributed by atoms with van der Waals surface area (Å²) in [6.07, 6.45) is 0.339. The lowest BCUT2D eigenvalue weighted by atomic mass is 10.1. The Morgan fingerprint density at radius 3 is 2.83 bits per heavy atom. The Morgan fingerprint density at radius 1 is 1.30 bits per heavy atom. The molecule has 1 N–H and O–H groups in total. The number of aromatic nitrogens is 1. The minimum Gasteiger partial charge on any atom is -0.311 e. The minimum atomic E-state index is 0.0192. The molecule has 0 fully saturated rings. The molecule has 1 aromatic carbocycles. The standard InChI is InChI=1S/C17H21N3O2S/c1-12-13(2)23-17(22)19(12)9-7-16(21)20-10-8-18-11-14-5-3-4-6-15(14)20/h3-6,18H,7-11H2,1-2H3. The lowest BCUT2D eigenvalue weighted by Gasteiger charge is -2.22. The Kier molecular flexibility index (Phi) is 4.63. The summed E-state index contributed by atoms with van der Waals surface area (Å²) in [5, 5.41) is 3.34. The Morgan fingerprint density at radius 2 is 2.09 bits per heavy atom. The number of thiazole rings is 1. The van der Waals surface area contributed by atoms with Gasteiger partial charge in [-0.2, -0.15) is 0 Å². The van der Waals surface area contributed by atoms with Crippen LogP contribution in [0.4, 0.5) is 5.69 Å². The number of aryl methyl sites for hydroxylation is 1. The van der Waals surface area contributed by atoms with Crippen LogP contribution in [0.1, 0.15) is 22.6 Å². The van der Waals surface area contributed by atoms with Gasteiger partial charge in [-0.15, -0.1) is 0 Å². The van der Waals surface area contributed by atoms with E-state index in [9.17, 15) is 9.59 Å². The van der Waals surface area contributed by atoms with Crippen molar-refractivity contribution in [2.24, 2.45) is 0 Å². The third kappa shape index (κ3) is 3.23. The average molecular weight is 331 g/mol. The van der Waals surface area contributed by atoms with Gasteiger partial charge < -0.3 is 14.8 Å². The van der Waals surface area contributed by atoms with Crippen LogP contribution in [0.25, 0.3) is 0 Å². The normalized spacial score (nSPS) is 14.4. The number of nitrogens with zero attached hydrogens (tertiary/aromatic N) is 2. The summed E-state index contributed by atoms with van der Waals surface area (Å²) in [6, 6.07) is 7.99. The lowest BCUT2D eigenvalue weighted by Crippen LogP contribution is -2.35. The highest BCUT2D eigenvalue weighted by atomic mass is 32.1. The van der Waals surface area contributed by atoms with E-state index in [0.29, 0.717) is 19.5 Å². The first-order chi connectivity index (χ1) is 11.1. The molecule has 0 spiro atoms. The van der Waals surface area contributed by atoms with E-state index in [1.54, 1.807) is 4.57 Å². The van der Waals surface area contributed by atoms with E-state index in [0.717, 1.165) is 34.9 Å². The van der Waals surface area contributed by atoms with Gasteiger partial charge in [0, 0.05) is 48.9 Å². The topological polar surface area (TPSA) is 54.3 Å². The highest BCUT2D eigenvalue weighted by Crippen LogP contribution is 2.23. The number of benzene rings is 1. The molecule has 122 valence electrons. The summed E-state index contributed by atoms with van der Waals surface area (Å²) in [4.78, 5) is 27.5. The molecule has 1 aromatic heterocycles. The van der Waals surface area contributed by atoms with Gasteiger partial charge in [-0.25, -0.2) is 0 Å². The van der Waals surface area contributed by atoms with Crippen molar-refractivity contribution in [3.8, 4) is 0 Å². The highest BCUT2D eigenvalue weighted by Gasteiger charge is 2.21. The van der Waals surface area contributed by atoms with Gasteiger partial charge in [0.15, 0.2) is 0 Å². The molecule has 23 heavy (non-hydrogen) atoms. The van der Waals surface area contributed by atoms with Crippen LogP contribution in [0.3, 0.4) is 0 Å². The Labute approximate surface area is 139 Å². The number of nitrogens with one attached hydrogen (secondary N) is 1. The molecule has 6 heteroatoms. The van der Waals surface area contributed by atoms with Crippen molar-refractivity contribution >= 4 is 22.9 Å². The van der Waals surface area contributed by atoms with Crippen LogP contribution in [0.2, 0.25) is 0 Å². The molecule has 1 aliphatic heterocycles. The lowest BCUT2D eigenvalue weighted by molar-refractivity contribution is -0.118. The third-order valence-electron chi connectivity index (χ3n) is 4.34. The van der Waals surface area contributed by atoms with Crippen LogP contribution in [0.15, 0.2) is 29.1 Å². The monoisotopic (exact) mass is 331 g/mol. The van der Waals surface area contributed by atoms with E-state index >= 15 is 0 Å². The van der Waals surface area contributed by atoms with E-state index in [1.807, 2.05) is 43.0 Å². The quantitative estimate of drug-likeness (QED) is 0.936. The van der Waals surface area contributed by atoms with E-state index in [2.05, 4.69) is 5.32 Å². The molecule has 0 radical (unpaired) electrons. The van der Waals surface area contributed by atoms with Crippen LogP contribution < -0.4 is 15.1 Å². The molecule has 2 aromatic rings. The van der Waals surface area contributed by atoms with Crippen molar-refractivity contribution in [1.29, 1.82) is 0 Å². The van der Waals surface area contributed by atoms with Crippen molar-refractivity contribution in [3.63, 3.8) is 0 Å². The highest BCUT2D eigenvalue weighted by molar-refractivity contribution is 7.09. The van der Waals surface area contributed by atoms with E-state index in [4.69, 9.17) is 0 Å². The molecule has 0 atom stereocenters. The van der Waals surface area contributed by atoms with Gasteiger partial charge in [-0.05, 0) is 25.5 Å². The first-order valence-electron chi connectivity index (χ1n) is 7.83. The summed E-state index contributed by atoms with van der Waals surface area (Å²) < 4.78 is 1.71. The molecule has 1 aliphatic rings. The molecule has 0 unspecified atom stereocenters. The summed E-state index contributed by atoms with van der Waals surface area (Å²) in [5.41, 5.74) is 3.08. The number of para-hydroxylation sites is 1. The van der Waals surface area contributed by atoms with Crippen LogP contribution in [0, 0.1) is 13.8 Å². The molecular weight excluding hydrogens is 310 g/mol. The van der Waals surface area contributed by atoms with Gasteiger partial charge in [0.2, 0.25) is 5.91 Å². The number of carbonyl (C=O) groups is 1. The molecule has 1 amide bonds. The maximum Gasteiger partial charge on any atom is 0.307 e. The molecule has 0 saturated carbocycles. The van der Waals surface area contributed by atoms with Crippen molar-refractivity contribution in [2.45, 2.75) is 33.4 Å². The second kappa shape index (κ2) is 6.68.